The minimum Gasteiger partial charge on any atom is -0.487 e. The fraction of sp³-hybridized carbons (Fsp3) is 0.120. The Kier molecular flexibility index (Phi) is 7.79. The predicted octanol–water partition coefficient (Wildman–Crippen LogP) is 8.06. The molecule has 0 aromatic heterocycles. The number of aliphatic imine (C=N–C) groups is 1. The van der Waals surface area contributed by atoms with Crippen molar-refractivity contribution in [2.24, 2.45) is 4.99 Å². The summed E-state index contributed by atoms with van der Waals surface area (Å²) in [5, 5.41) is 3.41. The summed E-state index contributed by atoms with van der Waals surface area (Å²) in [4.78, 5) is 17.7. The number of thioether (sulfide) groups is 1. The zero-order valence-electron chi connectivity index (χ0n) is 17.8. The monoisotopic (exact) mass is 648 g/mol. The molecule has 33 heavy (non-hydrogen) atoms. The Hall–Kier alpha value is -1.87. The average molecular weight is 651 g/mol. The van der Waals surface area contributed by atoms with Crippen LogP contribution < -0.4 is 10.1 Å². The lowest BCUT2D eigenvalue weighted by molar-refractivity contribution is -0.115. The molecule has 0 atom stereocenters. The molecule has 0 bridgehead atoms. The molecule has 0 radical (unpaired) electrons. The number of amidine groups is 1. The molecule has 8 heteroatoms. The van der Waals surface area contributed by atoms with Crippen LogP contribution in [0.15, 0.2) is 77.9 Å². The van der Waals surface area contributed by atoms with Crippen LogP contribution in [0.1, 0.15) is 22.3 Å². The van der Waals surface area contributed by atoms with Gasteiger partial charge in [-0.2, -0.15) is 0 Å². The predicted molar refractivity (Wildman–Crippen MR) is 147 cm³/mol. The second-order valence-electron chi connectivity index (χ2n) is 7.46. The van der Waals surface area contributed by atoms with Gasteiger partial charge in [-0.1, -0.05) is 46.3 Å². The molecule has 3 aromatic rings. The minimum absolute atomic E-state index is 0.166. The van der Waals surface area contributed by atoms with E-state index in [9.17, 15) is 4.79 Å². The fourth-order valence-electron chi connectivity index (χ4n) is 3.27. The van der Waals surface area contributed by atoms with Gasteiger partial charge < -0.3 is 10.1 Å². The Bertz CT molecular complexity index is 1240. The van der Waals surface area contributed by atoms with E-state index >= 15 is 0 Å². The number of amides is 1. The lowest BCUT2D eigenvalue weighted by Crippen LogP contribution is -2.19. The molecule has 1 aliphatic rings. The Morgan fingerprint density at radius 2 is 1.64 bits per heavy atom. The Morgan fingerprint density at radius 1 is 1.00 bits per heavy atom. The molecule has 3 aromatic carbocycles. The number of hydrogen-bond acceptors (Lipinski definition) is 4. The van der Waals surface area contributed by atoms with Crippen LogP contribution in [-0.2, 0) is 11.4 Å². The summed E-state index contributed by atoms with van der Waals surface area (Å²) in [6.45, 7) is 4.51. The van der Waals surface area contributed by atoms with Gasteiger partial charge in [0.25, 0.3) is 5.91 Å². The van der Waals surface area contributed by atoms with E-state index in [1.165, 1.54) is 11.8 Å². The van der Waals surface area contributed by atoms with E-state index in [2.05, 4.69) is 58.1 Å². The normalized spacial score (nSPS) is 15.8. The van der Waals surface area contributed by atoms with Gasteiger partial charge in [-0.3, -0.25) is 4.79 Å². The molecule has 1 heterocycles. The van der Waals surface area contributed by atoms with Gasteiger partial charge in [-0.25, -0.2) is 4.99 Å². The van der Waals surface area contributed by atoms with Crippen molar-refractivity contribution in [1.29, 1.82) is 0 Å². The van der Waals surface area contributed by atoms with Crippen molar-refractivity contribution in [3.8, 4) is 5.75 Å². The highest BCUT2D eigenvalue weighted by Crippen LogP contribution is 2.37. The topological polar surface area (TPSA) is 50.7 Å². The first-order valence-electron chi connectivity index (χ1n) is 10.0. The Morgan fingerprint density at radius 3 is 2.27 bits per heavy atom. The molecule has 0 aliphatic carbocycles. The van der Waals surface area contributed by atoms with Crippen LogP contribution in [0.3, 0.4) is 0 Å². The third-order valence-corrected chi connectivity index (χ3v) is 8.19. The first-order chi connectivity index (χ1) is 15.8. The fourth-order valence-corrected chi connectivity index (χ4v) is 5.79. The number of aryl methyl sites for hydroxylation is 2. The van der Waals surface area contributed by atoms with Crippen LogP contribution in [0.5, 0.6) is 5.75 Å². The van der Waals surface area contributed by atoms with E-state index in [1.54, 1.807) is 0 Å². The molecule has 4 rings (SSSR count). The molecular formula is C25H19Br3N2O2S. The second kappa shape index (κ2) is 10.6. The molecule has 1 N–H and O–H groups in total. The van der Waals surface area contributed by atoms with E-state index < -0.39 is 0 Å². The van der Waals surface area contributed by atoms with Crippen molar-refractivity contribution in [2.75, 3.05) is 0 Å². The van der Waals surface area contributed by atoms with Crippen LogP contribution in [0.4, 0.5) is 5.69 Å². The third-order valence-electron chi connectivity index (χ3n) is 4.85. The third kappa shape index (κ3) is 5.98. The van der Waals surface area contributed by atoms with E-state index in [4.69, 9.17) is 4.74 Å². The van der Waals surface area contributed by atoms with Crippen LogP contribution >= 0.6 is 59.6 Å². The largest absolute Gasteiger partial charge is 0.487 e. The Balaban J connectivity index is 1.52. The number of ether oxygens (including phenoxy) is 1. The van der Waals surface area contributed by atoms with Crippen molar-refractivity contribution >= 4 is 82.4 Å². The van der Waals surface area contributed by atoms with Gasteiger partial charge in [-0.15, -0.1) is 0 Å². The molecule has 1 fully saturated rings. The van der Waals surface area contributed by atoms with Gasteiger partial charge in [0, 0.05) is 4.47 Å². The summed E-state index contributed by atoms with van der Waals surface area (Å²) in [5.41, 5.74) is 4.97. The minimum atomic E-state index is -0.166. The van der Waals surface area contributed by atoms with Crippen LogP contribution in [0.2, 0.25) is 0 Å². The highest BCUT2D eigenvalue weighted by molar-refractivity contribution is 9.11. The van der Waals surface area contributed by atoms with Gasteiger partial charge in [0.1, 0.15) is 12.4 Å². The summed E-state index contributed by atoms with van der Waals surface area (Å²) in [6.07, 6.45) is 1.84. The summed E-state index contributed by atoms with van der Waals surface area (Å²) in [6, 6.07) is 17.8. The number of nitrogens with one attached hydrogen (secondary N) is 1. The van der Waals surface area contributed by atoms with E-state index in [0.717, 1.165) is 41.4 Å². The lowest BCUT2D eigenvalue weighted by Gasteiger charge is -2.11. The van der Waals surface area contributed by atoms with Crippen LogP contribution in [0, 0.1) is 13.8 Å². The zero-order chi connectivity index (χ0) is 23.5. The molecule has 0 unspecified atom stereocenters. The molecule has 1 aliphatic heterocycles. The average Bonchev–Trinajstić information content (AvgIpc) is 3.10. The molecule has 4 nitrogen and oxygen atoms in total. The smallest absolute Gasteiger partial charge is 0.264 e. The summed E-state index contributed by atoms with van der Waals surface area (Å²) >= 11 is 12.1. The van der Waals surface area contributed by atoms with Gasteiger partial charge in [-0.05, 0) is 110 Å². The van der Waals surface area contributed by atoms with Crippen molar-refractivity contribution in [2.45, 2.75) is 20.5 Å². The molecule has 0 spiro atoms. The highest BCUT2D eigenvalue weighted by Gasteiger charge is 2.24. The summed E-state index contributed by atoms with van der Waals surface area (Å²) in [7, 11) is 0. The first-order valence-corrected chi connectivity index (χ1v) is 13.2. The van der Waals surface area contributed by atoms with Gasteiger partial charge in [0.15, 0.2) is 5.17 Å². The second-order valence-corrected chi connectivity index (χ2v) is 11.0. The number of carbonyl (C=O) groups excluding carboxylic acids is 1. The summed E-state index contributed by atoms with van der Waals surface area (Å²) < 4.78 is 8.67. The van der Waals surface area contributed by atoms with Gasteiger partial charge in [0.05, 0.1) is 19.5 Å². The number of benzene rings is 3. The SMILES string of the molecule is Cc1cc(N=C2NC(=O)/C(=C/c3cc(Br)c(OCc4ccccc4)c(Br)c3)S2)cc(C)c1Br. The molecule has 1 amide bonds. The Labute approximate surface area is 222 Å². The number of nitrogens with zero attached hydrogens (tertiary/aromatic N) is 1. The maximum Gasteiger partial charge on any atom is 0.264 e. The van der Waals surface area contributed by atoms with Crippen molar-refractivity contribution < 1.29 is 9.53 Å². The molecule has 0 saturated carbocycles. The maximum absolute atomic E-state index is 12.5. The van der Waals surface area contributed by atoms with Crippen molar-refractivity contribution in [3.63, 3.8) is 0 Å². The standard InChI is InChI=1S/C25H19Br3N2O2S/c1-14-8-18(9-15(2)22(14)28)29-25-30-24(31)21(33-25)12-17-10-19(26)23(20(27)11-17)32-13-16-6-4-3-5-7-16/h3-12H,13H2,1-2H3,(H,29,30,31)/b21-12-. The van der Waals surface area contributed by atoms with Gasteiger partial charge >= 0.3 is 0 Å². The molecule has 1 saturated heterocycles. The van der Waals surface area contributed by atoms with Crippen LogP contribution in [0.25, 0.3) is 6.08 Å². The lowest BCUT2D eigenvalue weighted by atomic mass is 10.1. The van der Waals surface area contributed by atoms with E-state index in [0.29, 0.717) is 22.4 Å². The zero-order valence-corrected chi connectivity index (χ0v) is 23.4. The molecular weight excluding hydrogens is 632 g/mol. The van der Waals surface area contributed by atoms with Crippen molar-refractivity contribution in [1.82, 2.24) is 5.32 Å². The first kappa shape index (κ1) is 24.3. The number of carbonyl (C=O) groups is 1. The van der Waals surface area contributed by atoms with E-state index in [1.807, 2.05) is 74.5 Å². The number of halogens is 3. The highest BCUT2D eigenvalue weighted by atomic mass is 79.9. The van der Waals surface area contributed by atoms with E-state index in [-0.39, 0.29) is 5.91 Å². The molecule has 168 valence electrons. The summed E-state index contributed by atoms with van der Waals surface area (Å²) in [5.74, 6) is 0.550. The van der Waals surface area contributed by atoms with Crippen LogP contribution in [-0.4, -0.2) is 11.1 Å². The number of hydrogen-bond donors (Lipinski definition) is 1. The quantitative estimate of drug-likeness (QED) is 0.284. The van der Waals surface area contributed by atoms with Crippen molar-refractivity contribution in [3.05, 3.63) is 95.2 Å². The van der Waals surface area contributed by atoms with Gasteiger partial charge in [0.2, 0.25) is 0 Å². The number of rotatable bonds is 5. The maximum atomic E-state index is 12.5.